The highest BCUT2D eigenvalue weighted by molar-refractivity contribution is 8.00. The van der Waals surface area contributed by atoms with E-state index in [0.717, 1.165) is 22.0 Å². The van der Waals surface area contributed by atoms with E-state index in [9.17, 15) is 4.79 Å². The van der Waals surface area contributed by atoms with Gasteiger partial charge in [0, 0.05) is 33.0 Å². The molecule has 2 rings (SSSR count). The Hall–Kier alpha value is -0.810. The Bertz CT molecular complexity index is 647. The molecule has 1 N–H and O–H groups in total. The van der Waals surface area contributed by atoms with Crippen molar-refractivity contribution in [2.75, 3.05) is 12.3 Å². The molecule has 0 spiro atoms. The van der Waals surface area contributed by atoms with E-state index in [0.29, 0.717) is 16.6 Å². The van der Waals surface area contributed by atoms with Gasteiger partial charge in [-0.1, -0.05) is 47.5 Å². The van der Waals surface area contributed by atoms with Gasteiger partial charge >= 0.3 is 0 Å². The maximum Gasteiger partial charge on any atom is 0.233 e. The third-order valence-electron chi connectivity index (χ3n) is 3.28. The number of hydrogen-bond acceptors (Lipinski definition) is 3. The van der Waals surface area contributed by atoms with E-state index in [1.807, 2.05) is 55.5 Å². The molecular formula is C18H19Cl2NOS2. The van der Waals surface area contributed by atoms with Crippen LogP contribution in [0.2, 0.25) is 10.0 Å². The quantitative estimate of drug-likeness (QED) is 0.467. The molecule has 2 aromatic rings. The second kappa shape index (κ2) is 10.2. The van der Waals surface area contributed by atoms with Gasteiger partial charge in [0.1, 0.15) is 0 Å². The van der Waals surface area contributed by atoms with Crippen LogP contribution in [0.5, 0.6) is 0 Å². The molecule has 0 saturated heterocycles. The Labute approximate surface area is 161 Å². The fourth-order valence-electron chi connectivity index (χ4n) is 1.99. The number of nitrogens with one attached hydrogen (secondary N) is 1. The van der Waals surface area contributed by atoms with Crippen molar-refractivity contribution in [2.24, 2.45) is 0 Å². The molecule has 6 heteroatoms. The average molecular weight is 400 g/mol. The first-order valence-electron chi connectivity index (χ1n) is 7.58. The highest BCUT2D eigenvalue weighted by Gasteiger charge is 2.13. The fourth-order valence-corrected chi connectivity index (χ4v) is 4.50. The third-order valence-corrected chi connectivity index (χ3v) is 6.08. The SMILES string of the molecule is C[C@H](Sc1ccccc1)C(=O)NCCSCc1c(Cl)cccc1Cl. The van der Waals surface area contributed by atoms with Gasteiger partial charge in [-0.15, -0.1) is 11.8 Å². The van der Waals surface area contributed by atoms with Gasteiger partial charge in [-0.25, -0.2) is 0 Å². The minimum Gasteiger partial charge on any atom is -0.354 e. The first-order valence-corrected chi connectivity index (χ1v) is 10.4. The monoisotopic (exact) mass is 399 g/mol. The normalized spacial score (nSPS) is 12.0. The summed E-state index contributed by atoms with van der Waals surface area (Å²) in [7, 11) is 0. The summed E-state index contributed by atoms with van der Waals surface area (Å²) < 4.78 is 0. The molecule has 0 aliphatic heterocycles. The molecule has 0 heterocycles. The predicted octanol–water partition coefficient (Wildman–Crippen LogP) is 5.52. The lowest BCUT2D eigenvalue weighted by Crippen LogP contribution is -2.32. The fraction of sp³-hybridized carbons (Fsp3) is 0.278. The summed E-state index contributed by atoms with van der Waals surface area (Å²) in [5.41, 5.74) is 0.949. The molecule has 0 fully saturated rings. The van der Waals surface area contributed by atoms with Crippen LogP contribution in [0.25, 0.3) is 0 Å². The van der Waals surface area contributed by atoms with Crippen molar-refractivity contribution in [3.8, 4) is 0 Å². The lowest BCUT2D eigenvalue weighted by Gasteiger charge is -2.12. The molecule has 0 unspecified atom stereocenters. The maximum atomic E-state index is 12.1. The van der Waals surface area contributed by atoms with Gasteiger partial charge in [0.05, 0.1) is 5.25 Å². The Morgan fingerprint density at radius 2 is 1.75 bits per heavy atom. The zero-order chi connectivity index (χ0) is 17.4. The number of halogens is 2. The summed E-state index contributed by atoms with van der Waals surface area (Å²) in [5.74, 6) is 1.61. The number of thioether (sulfide) groups is 2. The van der Waals surface area contributed by atoms with Crippen LogP contribution in [-0.4, -0.2) is 23.5 Å². The highest BCUT2D eigenvalue weighted by atomic mass is 35.5. The van der Waals surface area contributed by atoms with Crippen LogP contribution < -0.4 is 5.32 Å². The Morgan fingerprint density at radius 1 is 1.08 bits per heavy atom. The average Bonchev–Trinajstić information content (AvgIpc) is 2.57. The van der Waals surface area contributed by atoms with Crippen LogP contribution >= 0.6 is 46.7 Å². The van der Waals surface area contributed by atoms with E-state index in [-0.39, 0.29) is 11.2 Å². The molecule has 1 atom stereocenters. The summed E-state index contributed by atoms with van der Waals surface area (Å²) in [6, 6.07) is 15.5. The predicted molar refractivity (Wildman–Crippen MR) is 107 cm³/mol. The lowest BCUT2D eigenvalue weighted by molar-refractivity contribution is -0.120. The zero-order valence-electron chi connectivity index (χ0n) is 13.3. The molecule has 128 valence electrons. The molecule has 0 aromatic heterocycles. The molecular weight excluding hydrogens is 381 g/mol. The number of carbonyl (C=O) groups is 1. The van der Waals surface area contributed by atoms with Gasteiger partial charge in [0.15, 0.2) is 0 Å². The Kier molecular flexibility index (Phi) is 8.33. The summed E-state index contributed by atoms with van der Waals surface area (Å²) in [6.45, 7) is 2.55. The molecule has 1 amide bonds. The molecule has 2 nitrogen and oxygen atoms in total. The van der Waals surface area contributed by atoms with Crippen molar-refractivity contribution in [1.29, 1.82) is 0 Å². The second-order valence-corrected chi connectivity index (χ2v) is 8.45. The lowest BCUT2D eigenvalue weighted by atomic mass is 10.2. The number of benzene rings is 2. The van der Waals surface area contributed by atoms with Crippen molar-refractivity contribution in [2.45, 2.75) is 22.8 Å². The summed E-state index contributed by atoms with van der Waals surface area (Å²) >= 11 is 15.5. The van der Waals surface area contributed by atoms with Crippen LogP contribution in [0.4, 0.5) is 0 Å². The van der Waals surface area contributed by atoms with Crippen molar-refractivity contribution in [3.05, 3.63) is 64.1 Å². The largest absolute Gasteiger partial charge is 0.354 e. The van der Waals surface area contributed by atoms with Gasteiger partial charge in [0.25, 0.3) is 0 Å². The summed E-state index contributed by atoms with van der Waals surface area (Å²) in [5, 5.41) is 4.23. The van der Waals surface area contributed by atoms with E-state index in [4.69, 9.17) is 23.2 Å². The standard InChI is InChI=1S/C18H19Cl2NOS2/c1-13(24-14-6-3-2-4-7-14)18(22)21-10-11-23-12-15-16(19)8-5-9-17(15)20/h2-9,13H,10-12H2,1H3,(H,21,22)/t13-/m0/s1. The van der Waals surface area contributed by atoms with Crippen molar-refractivity contribution >= 4 is 52.6 Å². The molecule has 0 saturated carbocycles. The zero-order valence-corrected chi connectivity index (χ0v) is 16.4. The van der Waals surface area contributed by atoms with E-state index < -0.39 is 0 Å². The Balaban J connectivity index is 1.67. The number of rotatable bonds is 8. The van der Waals surface area contributed by atoms with Crippen LogP contribution in [0.1, 0.15) is 12.5 Å². The molecule has 0 bridgehead atoms. The first-order chi connectivity index (χ1) is 11.6. The van der Waals surface area contributed by atoms with Crippen molar-refractivity contribution in [3.63, 3.8) is 0 Å². The van der Waals surface area contributed by atoms with Gasteiger partial charge in [-0.05, 0) is 36.8 Å². The minimum absolute atomic E-state index is 0.0558. The van der Waals surface area contributed by atoms with Gasteiger partial charge in [0.2, 0.25) is 5.91 Å². The maximum absolute atomic E-state index is 12.1. The van der Waals surface area contributed by atoms with Crippen molar-refractivity contribution < 1.29 is 4.79 Å². The van der Waals surface area contributed by atoms with E-state index in [1.54, 1.807) is 23.5 Å². The van der Waals surface area contributed by atoms with E-state index >= 15 is 0 Å². The van der Waals surface area contributed by atoms with E-state index in [2.05, 4.69) is 5.32 Å². The summed E-state index contributed by atoms with van der Waals surface area (Å²) in [6.07, 6.45) is 0. The van der Waals surface area contributed by atoms with Gasteiger partial charge in [-0.3, -0.25) is 4.79 Å². The molecule has 0 aliphatic rings. The van der Waals surface area contributed by atoms with E-state index in [1.165, 1.54) is 0 Å². The second-order valence-electron chi connectivity index (χ2n) is 5.12. The summed E-state index contributed by atoms with van der Waals surface area (Å²) in [4.78, 5) is 13.2. The van der Waals surface area contributed by atoms with Gasteiger partial charge < -0.3 is 5.32 Å². The highest BCUT2D eigenvalue weighted by Crippen LogP contribution is 2.28. The molecule has 2 aromatic carbocycles. The smallest absolute Gasteiger partial charge is 0.233 e. The topological polar surface area (TPSA) is 29.1 Å². The molecule has 0 radical (unpaired) electrons. The Morgan fingerprint density at radius 3 is 2.42 bits per heavy atom. The van der Waals surface area contributed by atoms with Crippen molar-refractivity contribution in [1.82, 2.24) is 5.32 Å². The minimum atomic E-state index is -0.115. The van der Waals surface area contributed by atoms with Crippen LogP contribution in [0.3, 0.4) is 0 Å². The van der Waals surface area contributed by atoms with Gasteiger partial charge in [-0.2, -0.15) is 11.8 Å². The van der Waals surface area contributed by atoms with Crippen LogP contribution in [0, 0.1) is 0 Å². The number of hydrogen-bond donors (Lipinski definition) is 1. The number of carbonyl (C=O) groups excluding carboxylic acids is 1. The number of amides is 1. The first kappa shape index (κ1) is 19.5. The van der Waals surface area contributed by atoms with Crippen LogP contribution in [0.15, 0.2) is 53.4 Å². The third kappa shape index (κ3) is 6.25. The van der Waals surface area contributed by atoms with Crippen LogP contribution in [-0.2, 0) is 10.5 Å². The molecule has 24 heavy (non-hydrogen) atoms. The molecule has 0 aliphatic carbocycles.